The van der Waals surface area contributed by atoms with Crippen LogP contribution in [0.1, 0.15) is 36.8 Å². The number of nitrogens with one attached hydrogen (secondary N) is 1. The third-order valence-corrected chi connectivity index (χ3v) is 4.60. The van der Waals surface area contributed by atoms with E-state index >= 15 is 0 Å². The highest BCUT2D eigenvalue weighted by molar-refractivity contribution is 7.10. The molecule has 92 valence electrons. The molecular weight excluding hydrogens is 218 g/mol. The number of likely N-dealkylation sites (N-methyl/N-ethyl adjacent to an activating group) is 1. The molecule has 0 aliphatic carbocycles. The Morgan fingerprint density at radius 3 is 2.50 bits per heavy atom. The summed E-state index contributed by atoms with van der Waals surface area (Å²) in [5.74, 6) is 5.76. The van der Waals surface area contributed by atoms with Gasteiger partial charge in [-0.05, 0) is 51.4 Å². The summed E-state index contributed by atoms with van der Waals surface area (Å²) in [7, 11) is 4.21. The smallest absolute Gasteiger partial charge is 0.0651 e. The number of nitrogens with two attached hydrogens (primary N) is 1. The van der Waals surface area contributed by atoms with Crippen LogP contribution in [0.15, 0.2) is 11.4 Å². The molecule has 0 saturated heterocycles. The van der Waals surface area contributed by atoms with Gasteiger partial charge in [-0.2, -0.15) is 0 Å². The minimum absolute atomic E-state index is 0.0284. The molecule has 0 radical (unpaired) electrons. The van der Waals surface area contributed by atoms with Crippen LogP contribution in [0.3, 0.4) is 0 Å². The number of hydrogen-bond donors (Lipinski definition) is 2. The number of aryl methyl sites for hydroxylation is 1. The molecule has 1 rings (SSSR count). The van der Waals surface area contributed by atoms with Crippen molar-refractivity contribution in [3.05, 3.63) is 21.9 Å². The maximum Gasteiger partial charge on any atom is 0.0651 e. The molecule has 0 spiro atoms. The molecule has 4 heteroatoms. The lowest BCUT2D eigenvalue weighted by Crippen LogP contribution is -2.53. The van der Waals surface area contributed by atoms with Crippen molar-refractivity contribution in [2.24, 2.45) is 5.84 Å². The summed E-state index contributed by atoms with van der Waals surface area (Å²) in [5.41, 5.74) is 4.32. The largest absolute Gasteiger partial charge is 0.302 e. The lowest BCUT2D eigenvalue weighted by molar-refractivity contribution is 0.113. The van der Waals surface area contributed by atoms with Crippen molar-refractivity contribution in [1.29, 1.82) is 0 Å². The molecule has 3 nitrogen and oxygen atoms in total. The zero-order chi connectivity index (χ0) is 12.3. The third-order valence-electron chi connectivity index (χ3n) is 3.74. The highest BCUT2D eigenvalue weighted by Crippen LogP contribution is 2.35. The molecule has 1 aromatic heterocycles. The zero-order valence-electron chi connectivity index (χ0n) is 10.9. The summed E-state index contributed by atoms with van der Waals surface area (Å²) in [6.07, 6.45) is 1.05. The van der Waals surface area contributed by atoms with Gasteiger partial charge in [0.15, 0.2) is 0 Å². The first-order valence-electron chi connectivity index (χ1n) is 5.65. The molecule has 1 aromatic rings. The first-order valence-corrected chi connectivity index (χ1v) is 6.52. The van der Waals surface area contributed by atoms with Gasteiger partial charge in [0, 0.05) is 10.4 Å². The Labute approximate surface area is 103 Å². The van der Waals surface area contributed by atoms with Crippen LogP contribution in [0.4, 0.5) is 0 Å². The molecule has 0 amide bonds. The average molecular weight is 241 g/mol. The first-order chi connectivity index (χ1) is 7.47. The Hall–Kier alpha value is -0.420. The van der Waals surface area contributed by atoms with Gasteiger partial charge in [-0.25, -0.2) is 0 Å². The topological polar surface area (TPSA) is 41.3 Å². The molecule has 2 unspecified atom stereocenters. The van der Waals surface area contributed by atoms with Crippen LogP contribution in [-0.4, -0.2) is 24.5 Å². The Morgan fingerprint density at radius 1 is 1.56 bits per heavy atom. The summed E-state index contributed by atoms with van der Waals surface area (Å²) in [5, 5.41) is 2.13. The van der Waals surface area contributed by atoms with Gasteiger partial charge in [0.1, 0.15) is 0 Å². The number of nitrogens with zero attached hydrogens (tertiary/aromatic N) is 1. The Morgan fingerprint density at radius 2 is 2.19 bits per heavy atom. The van der Waals surface area contributed by atoms with Crippen molar-refractivity contribution in [3.63, 3.8) is 0 Å². The van der Waals surface area contributed by atoms with E-state index < -0.39 is 0 Å². The van der Waals surface area contributed by atoms with Crippen molar-refractivity contribution in [2.75, 3.05) is 14.1 Å². The van der Waals surface area contributed by atoms with Crippen molar-refractivity contribution in [2.45, 2.75) is 38.8 Å². The fraction of sp³-hybridized carbons (Fsp3) is 0.667. The van der Waals surface area contributed by atoms with E-state index in [1.807, 2.05) is 0 Å². The summed E-state index contributed by atoms with van der Waals surface area (Å²) in [4.78, 5) is 3.58. The molecule has 0 fully saturated rings. The maximum absolute atomic E-state index is 5.76. The molecule has 0 bridgehead atoms. The normalized spacial score (nSPS) is 17.4. The van der Waals surface area contributed by atoms with Crippen LogP contribution >= 0.6 is 11.3 Å². The van der Waals surface area contributed by atoms with Crippen LogP contribution in [0.25, 0.3) is 0 Å². The summed E-state index contributed by atoms with van der Waals surface area (Å²) in [6.45, 7) is 6.59. The van der Waals surface area contributed by atoms with Crippen LogP contribution in [-0.2, 0) is 0 Å². The SMILES string of the molecule is CCC(C)(C(NN)c1ccsc1C)N(C)C. The summed E-state index contributed by atoms with van der Waals surface area (Å²) in [6, 6.07) is 2.33. The molecule has 3 N–H and O–H groups in total. The molecule has 0 aliphatic heterocycles. The van der Waals surface area contributed by atoms with E-state index in [1.54, 1.807) is 11.3 Å². The molecule has 0 aliphatic rings. The molecule has 0 aromatic carbocycles. The molecule has 16 heavy (non-hydrogen) atoms. The Kier molecular flexibility index (Phi) is 4.50. The number of rotatable bonds is 5. The van der Waals surface area contributed by atoms with E-state index in [2.05, 4.69) is 56.6 Å². The third kappa shape index (κ3) is 2.30. The van der Waals surface area contributed by atoms with Gasteiger partial charge in [0.25, 0.3) is 0 Å². The van der Waals surface area contributed by atoms with Gasteiger partial charge in [-0.1, -0.05) is 6.92 Å². The number of hydrogen-bond acceptors (Lipinski definition) is 4. The highest BCUT2D eigenvalue weighted by atomic mass is 32.1. The predicted octanol–water partition coefficient (Wildman–Crippen LogP) is 2.29. The zero-order valence-corrected chi connectivity index (χ0v) is 11.7. The van der Waals surface area contributed by atoms with Gasteiger partial charge in [0.05, 0.1) is 6.04 Å². The second-order valence-electron chi connectivity index (χ2n) is 4.64. The lowest BCUT2D eigenvalue weighted by Gasteiger charge is -2.42. The van der Waals surface area contributed by atoms with E-state index in [-0.39, 0.29) is 11.6 Å². The summed E-state index contributed by atoms with van der Waals surface area (Å²) < 4.78 is 0. The molecule has 0 saturated carbocycles. The Balaban J connectivity index is 3.11. The first kappa shape index (κ1) is 13.6. The van der Waals surface area contributed by atoms with Gasteiger partial charge in [-0.3, -0.25) is 11.3 Å². The molecular formula is C12H23N3S. The lowest BCUT2D eigenvalue weighted by atomic mass is 9.84. The van der Waals surface area contributed by atoms with Crippen LogP contribution in [0, 0.1) is 6.92 Å². The highest BCUT2D eigenvalue weighted by Gasteiger charge is 2.36. The van der Waals surface area contributed by atoms with E-state index in [4.69, 9.17) is 5.84 Å². The van der Waals surface area contributed by atoms with E-state index in [9.17, 15) is 0 Å². The number of hydrazine groups is 1. The maximum atomic E-state index is 5.76. The fourth-order valence-corrected chi connectivity index (χ4v) is 2.82. The minimum Gasteiger partial charge on any atom is -0.302 e. The fourth-order valence-electron chi connectivity index (χ4n) is 2.08. The van der Waals surface area contributed by atoms with Gasteiger partial charge < -0.3 is 4.90 Å². The Bertz CT molecular complexity index is 335. The van der Waals surface area contributed by atoms with Crippen molar-refractivity contribution >= 4 is 11.3 Å². The van der Waals surface area contributed by atoms with Crippen molar-refractivity contribution in [1.82, 2.24) is 10.3 Å². The van der Waals surface area contributed by atoms with Crippen LogP contribution in [0.5, 0.6) is 0 Å². The van der Waals surface area contributed by atoms with E-state index in [0.717, 1.165) is 6.42 Å². The predicted molar refractivity (Wildman–Crippen MR) is 71.5 cm³/mol. The van der Waals surface area contributed by atoms with E-state index in [1.165, 1.54) is 10.4 Å². The van der Waals surface area contributed by atoms with Crippen molar-refractivity contribution < 1.29 is 0 Å². The van der Waals surface area contributed by atoms with Crippen LogP contribution in [0.2, 0.25) is 0 Å². The van der Waals surface area contributed by atoms with Crippen molar-refractivity contribution in [3.8, 4) is 0 Å². The quantitative estimate of drug-likeness (QED) is 0.614. The monoisotopic (exact) mass is 241 g/mol. The van der Waals surface area contributed by atoms with Gasteiger partial charge >= 0.3 is 0 Å². The van der Waals surface area contributed by atoms with Gasteiger partial charge in [0.2, 0.25) is 0 Å². The second kappa shape index (κ2) is 5.27. The van der Waals surface area contributed by atoms with E-state index in [0.29, 0.717) is 0 Å². The number of thiophene rings is 1. The summed E-state index contributed by atoms with van der Waals surface area (Å²) >= 11 is 1.77. The molecule has 2 atom stereocenters. The van der Waals surface area contributed by atoms with Gasteiger partial charge in [-0.15, -0.1) is 11.3 Å². The minimum atomic E-state index is 0.0284. The standard InChI is InChI=1S/C12H23N3S/c1-6-12(3,15(4)5)11(14-13)10-7-8-16-9(10)2/h7-8,11,14H,6,13H2,1-5H3. The van der Waals surface area contributed by atoms with Crippen LogP contribution < -0.4 is 11.3 Å². The average Bonchev–Trinajstić information content (AvgIpc) is 2.65. The second-order valence-corrected chi connectivity index (χ2v) is 5.76. The molecule has 1 heterocycles.